The van der Waals surface area contributed by atoms with Gasteiger partial charge in [-0.25, -0.2) is 0 Å². The molecule has 0 aromatic heterocycles. The van der Waals surface area contributed by atoms with Crippen LogP contribution in [0.2, 0.25) is 0 Å². The van der Waals surface area contributed by atoms with Gasteiger partial charge in [-0.2, -0.15) is 0 Å². The molecule has 0 spiro atoms. The molecule has 0 radical (unpaired) electrons. The molecule has 1 aliphatic heterocycles. The highest BCUT2D eigenvalue weighted by Gasteiger charge is 2.38. The standard InChI is InChI=1S/C20H35N3/c1-14(2)18(22-17-10-11-20(5,6)16(17)4)13-19(21)23-12-8-7-9-15(23)3/h13,15-17,21-22H,1,7-12H2,2-6H3/b18-13-,21-19?. The highest BCUT2D eigenvalue weighted by molar-refractivity contribution is 5.91. The molecule has 1 heterocycles. The molecule has 2 aliphatic rings. The van der Waals surface area contributed by atoms with Crippen LogP contribution in [0.4, 0.5) is 0 Å². The van der Waals surface area contributed by atoms with Crippen LogP contribution in [0.25, 0.3) is 0 Å². The Balaban J connectivity index is 2.09. The quantitative estimate of drug-likeness (QED) is 0.448. The topological polar surface area (TPSA) is 39.1 Å². The molecular weight excluding hydrogens is 282 g/mol. The summed E-state index contributed by atoms with van der Waals surface area (Å²) < 4.78 is 0. The van der Waals surface area contributed by atoms with E-state index < -0.39 is 0 Å². The maximum absolute atomic E-state index is 8.51. The van der Waals surface area contributed by atoms with Gasteiger partial charge in [0.15, 0.2) is 0 Å². The number of rotatable bonds is 4. The zero-order valence-corrected chi connectivity index (χ0v) is 15.7. The van der Waals surface area contributed by atoms with Crippen LogP contribution in [0.1, 0.15) is 66.7 Å². The maximum Gasteiger partial charge on any atom is 0.122 e. The summed E-state index contributed by atoms with van der Waals surface area (Å²) in [6.07, 6.45) is 8.14. The molecule has 3 atom stereocenters. The summed E-state index contributed by atoms with van der Waals surface area (Å²) >= 11 is 0. The van der Waals surface area contributed by atoms with Crippen molar-refractivity contribution in [3.63, 3.8) is 0 Å². The summed E-state index contributed by atoms with van der Waals surface area (Å²) in [5.41, 5.74) is 2.46. The Hall–Kier alpha value is -1.25. The van der Waals surface area contributed by atoms with Crippen molar-refractivity contribution in [1.82, 2.24) is 10.2 Å². The van der Waals surface area contributed by atoms with Crippen molar-refractivity contribution >= 4 is 5.84 Å². The van der Waals surface area contributed by atoms with Gasteiger partial charge in [-0.15, -0.1) is 0 Å². The van der Waals surface area contributed by atoms with Crippen LogP contribution >= 0.6 is 0 Å². The first kappa shape index (κ1) is 18.1. The van der Waals surface area contributed by atoms with Crippen LogP contribution in [0.5, 0.6) is 0 Å². The lowest BCUT2D eigenvalue weighted by Crippen LogP contribution is -2.41. The fourth-order valence-corrected chi connectivity index (χ4v) is 3.91. The Labute approximate surface area is 142 Å². The van der Waals surface area contributed by atoms with E-state index in [0.29, 0.717) is 29.3 Å². The van der Waals surface area contributed by atoms with Crippen molar-refractivity contribution in [1.29, 1.82) is 5.41 Å². The third-order valence-corrected chi connectivity index (χ3v) is 6.13. The lowest BCUT2D eigenvalue weighted by atomic mass is 9.82. The van der Waals surface area contributed by atoms with Crippen LogP contribution < -0.4 is 5.32 Å². The van der Waals surface area contributed by atoms with Gasteiger partial charge in [0, 0.05) is 30.4 Å². The molecule has 2 rings (SSSR count). The van der Waals surface area contributed by atoms with Crippen molar-refractivity contribution in [3.05, 3.63) is 23.9 Å². The number of nitrogens with one attached hydrogen (secondary N) is 2. The minimum absolute atomic E-state index is 0.396. The lowest BCUT2D eigenvalue weighted by Gasteiger charge is -2.35. The molecule has 0 aromatic rings. The second-order valence-electron chi connectivity index (χ2n) is 8.33. The van der Waals surface area contributed by atoms with Crippen LogP contribution in [0.15, 0.2) is 23.9 Å². The van der Waals surface area contributed by atoms with Crippen molar-refractivity contribution in [2.45, 2.75) is 78.8 Å². The molecule has 2 fully saturated rings. The van der Waals surface area contributed by atoms with E-state index in [4.69, 9.17) is 5.41 Å². The Morgan fingerprint density at radius 1 is 1.26 bits per heavy atom. The van der Waals surface area contributed by atoms with Crippen LogP contribution in [-0.2, 0) is 0 Å². The highest BCUT2D eigenvalue weighted by atomic mass is 15.2. The molecule has 0 aromatic carbocycles. The van der Waals surface area contributed by atoms with Crippen molar-refractivity contribution < 1.29 is 0 Å². The molecule has 1 saturated heterocycles. The molecular formula is C20H35N3. The number of amidine groups is 1. The first-order valence-corrected chi connectivity index (χ1v) is 9.21. The molecule has 0 amide bonds. The first-order chi connectivity index (χ1) is 10.7. The third-order valence-electron chi connectivity index (χ3n) is 6.13. The average Bonchev–Trinajstić information content (AvgIpc) is 2.73. The van der Waals surface area contributed by atoms with Crippen molar-refractivity contribution in [2.24, 2.45) is 11.3 Å². The number of nitrogens with zero attached hydrogens (tertiary/aromatic N) is 1. The summed E-state index contributed by atoms with van der Waals surface area (Å²) in [5, 5.41) is 12.2. The third kappa shape index (κ3) is 4.19. The maximum atomic E-state index is 8.51. The van der Waals surface area contributed by atoms with Gasteiger partial charge in [0.1, 0.15) is 5.84 Å². The minimum Gasteiger partial charge on any atom is -0.382 e. The van der Waals surface area contributed by atoms with Crippen molar-refractivity contribution in [2.75, 3.05) is 6.54 Å². The summed E-state index contributed by atoms with van der Waals surface area (Å²) in [7, 11) is 0. The molecule has 3 heteroatoms. The molecule has 0 bridgehead atoms. The van der Waals surface area contributed by atoms with Gasteiger partial charge in [0.05, 0.1) is 0 Å². The summed E-state index contributed by atoms with van der Waals surface area (Å²) in [5.74, 6) is 1.26. The Morgan fingerprint density at radius 3 is 2.48 bits per heavy atom. The van der Waals surface area contributed by atoms with E-state index in [-0.39, 0.29) is 0 Å². The van der Waals surface area contributed by atoms with E-state index in [0.717, 1.165) is 17.8 Å². The fraction of sp³-hybridized carbons (Fsp3) is 0.750. The predicted octanol–water partition coefficient (Wildman–Crippen LogP) is 4.71. The van der Waals surface area contributed by atoms with E-state index in [1.165, 1.54) is 32.1 Å². The average molecular weight is 318 g/mol. The molecule has 3 nitrogen and oxygen atoms in total. The zero-order valence-electron chi connectivity index (χ0n) is 15.7. The van der Waals surface area contributed by atoms with E-state index in [1.807, 2.05) is 13.0 Å². The Kier molecular flexibility index (Phi) is 5.59. The number of allylic oxidation sites excluding steroid dienone is 1. The molecule has 1 aliphatic carbocycles. The second-order valence-corrected chi connectivity index (χ2v) is 8.33. The van der Waals surface area contributed by atoms with Gasteiger partial charge in [-0.05, 0) is 62.9 Å². The number of piperidine rings is 1. The zero-order chi connectivity index (χ0) is 17.2. The molecule has 23 heavy (non-hydrogen) atoms. The summed E-state index contributed by atoms with van der Waals surface area (Å²) in [6.45, 7) is 16.5. The van der Waals surface area contributed by atoms with E-state index in [1.54, 1.807) is 0 Å². The molecule has 2 N–H and O–H groups in total. The number of hydrogen-bond acceptors (Lipinski definition) is 2. The van der Waals surface area contributed by atoms with E-state index >= 15 is 0 Å². The molecule has 130 valence electrons. The molecule has 3 unspecified atom stereocenters. The lowest BCUT2D eigenvalue weighted by molar-refractivity contribution is 0.255. The fourth-order valence-electron chi connectivity index (χ4n) is 3.91. The van der Waals surface area contributed by atoms with Crippen LogP contribution in [-0.4, -0.2) is 29.4 Å². The van der Waals surface area contributed by atoms with E-state index in [2.05, 4.69) is 44.5 Å². The smallest absolute Gasteiger partial charge is 0.122 e. The Bertz CT molecular complexity index is 489. The highest BCUT2D eigenvalue weighted by Crippen LogP contribution is 2.42. The monoisotopic (exact) mass is 317 g/mol. The van der Waals surface area contributed by atoms with Crippen LogP contribution in [0.3, 0.4) is 0 Å². The van der Waals surface area contributed by atoms with Gasteiger partial charge in [0.25, 0.3) is 0 Å². The van der Waals surface area contributed by atoms with Gasteiger partial charge < -0.3 is 10.2 Å². The van der Waals surface area contributed by atoms with Gasteiger partial charge in [-0.1, -0.05) is 27.4 Å². The largest absolute Gasteiger partial charge is 0.382 e. The Morgan fingerprint density at radius 2 is 1.96 bits per heavy atom. The predicted molar refractivity (Wildman–Crippen MR) is 99.7 cm³/mol. The first-order valence-electron chi connectivity index (χ1n) is 9.21. The van der Waals surface area contributed by atoms with Gasteiger partial charge >= 0.3 is 0 Å². The number of hydrogen-bond donors (Lipinski definition) is 2. The minimum atomic E-state index is 0.396. The van der Waals surface area contributed by atoms with Crippen LogP contribution in [0, 0.1) is 16.7 Å². The van der Waals surface area contributed by atoms with Crippen molar-refractivity contribution in [3.8, 4) is 0 Å². The number of likely N-dealkylation sites (tertiary alicyclic amines) is 1. The summed E-state index contributed by atoms with van der Waals surface area (Å²) in [6, 6.07) is 0.961. The molecule has 1 saturated carbocycles. The normalized spacial score (nSPS) is 31.1. The van der Waals surface area contributed by atoms with E-state index in [9.17, 15) is 0 Å². The van der Waals surface area contributed by atoms with Gasteiger partial charge in [0.2, 0.25) is 0 Å². The second kappa shape index (κ2) is 7.11. The SMILES string of the molecule is C=C(C)/C(=C/C(=N)N1CCCCC1C)NC1CCC(C)(C)C1C. The summed E-state index contributed by atoms with van der Waals surface area (Å²) in [4.78, 5) is 2.23. The van der Waals surface area contributed by atoms with Gasteiger partial charge in [-0.3, -0.25) is 5.41 Å².